The number of nitrogens with one attached hydrogen (secondary N) is 1. The predicted octanol–water partition coefficient (Wildman–Crippen LogP) is 2.74. The van der Waals surface area contributed by atoms with Crippen LogP contribution in [0.5, 0.6) is 11.5 Å². The predicted molar refractivity (Wildman–Crippen MR) is 81.0 cm³/mol. The molecule has 1 aromatic rings. The zero-order chi connectivity index (χ0) is 14.7. The van der Waals surface area contributed by atoms with Crippen molar-refractivity contribution >= 4 is 17.5 Å². The van der Waals surface area contributed by atoms with Crippen molar-refractivity contribution < 1.29 is 14.3 Å². The highest BCUT2D eigenvalue weighted by Gasteiger charge is 2.31. The number of hydrogen-bond acceptors (Lipinski definition) is 3. The van der Waals surface area contributed by atoms with Gasteiger partial charge in [0.2, 0.25) is 6.10 Å². The van der Waals surface area contributed by atoms with Gasteiger partial charge in [0.1, 0.15) is 6.61 Å². The van der Waals surface area contributed by atoms with E-state index in [1.807, 2.05) is 24.3 Å². The Morgan fingerprint density at radius 3 is 2.81 bits per heavy atom. The second-order valence-electron chi connectivity index (χ2n) is 5.68. The van der Waals surface area contributed by atoms with Gasteiger partial charge >= 0.3 is 0 Å². The van der Waals surface area contributed by atoms with Crippen LogP contribution < -0.4 is 14.8 Å². The van der Waals surface area contributed by atoms with Crippen molar-refractivity contribution in [3.05, 3.63) is 24.3 Å². The third kappa shape index (κ3) is 3.26. The zero-order valence-electron chi connectivity index (χ0n) is 11.9. The van der Waals surface area contributed by atoms with E-state index in [0.29, 0.717) is 23.3 Å². The molecule has 1 amide bonds. The fraction of sp³-hybridized carbons (Fsp3) is 0.562. The zero-order valence-corrected chi connectivity index (χ0v) is 12.6. The largest absolute Gasteiger partial charge is 0.485 e. The maximum Gasteiger partial charge on any atom is 0.264 e. The van der Waals surface area contributed by atoms with E-state index in [1.54, 1.807) is 0 Å². The Hall–Kier alpha value is -1.42. The minimum absolute atomic E-state index is 0.105. The van der Waals surface area contributed by atoms with Crippen LogP contribution in [0.4, 0.5) is 0 Å². The van der Waals surface area contributed by atoms with Crippen LogP contribution in [0.1, 0.15) is 25.7 Å². The van der Waals surface area contributed by atoms with Gasteiger partial charge < -0.3 is 14.8 Å². The quantitative estimate of drug-likeness (QED) is 0.873. The molecular formula is C16H20ClNO3. The third-order valence-electron chi connectivity index (χ3n) is 4.24. The number of amides is 1. The molecule has 1 aliphatic heterocycles. The summed E-state index contributed by atoms with van der Waals surface area (Å²) in [5.74, 6) is 2.17. The Balaban J connectivity index is 1.61. The minimum atomic E-state index is -0.585. The van der Waals surface area contributed by atoms with Gasteiger partial charge in [0.15, 0.2) is 11.5 Å². The molecule has 0 radical (unpaired) electrons. The molecule has 5 heteroatoms. The molecule has 21 heavy (non-hydrogen) atoms. The second kappa shape index (κ2) is 6.56. The first kappa shape index (κ1) is 14.5. The lowest BCUT2D eigenvalue weighted by molar-refractivity contribution is -0.131. The highest BCUT2D eigenvalue weighted by molar-refractivity contribution is 6.18. The molecule has 3 rings (SSSR count). The highest BCUT2D eigenvalue weighted by Crippen LogP contribution is 2.31. The number of benzene rings is 1. The summed E-state index contributed by atoms with van der Waals surface area (Å²) in [6, 6.07) is 7.57. The monoisotopic (exact) mass is 309 g/mol. The topological polar surface area (TPSA) is 47.6 Å². The normalized spacial score (nSPS) is 28.0. The van der Waals surface area contributed by atoms with Gasteiger partial charge in [-0.2, -0.15) is 0 Å². The molecule has 3 atom stereocenters. The molecule has 1 fully saturated rings. The van der Waals surface area contributed by atoms with Crippen molar-refractivity contribution in [3.8, 4) is 11.5 Å². The van der Waals surface area contributed by atoms with Gasteiger partial charge in [-0.15, -0.1) is 11.6 Å². The SMILES string of the molecule is O=C(NC1CCCCC1CCl)C1COc2ccccc2O1. The molecule has 0 bridgehead atoms. The van der Waals surface area contributed by atoms with Crippen molar-refractivity contribution in [2.45, 2.75) is 37.8 Å². The number of carbonyl (C=O) groups is 1. The van der Waals surface area contributed by atoms with Gasteiger partial charge in [-0.1, -0.05) is 25.0 Å². The van der Waals surface area contributed by atoms with Gasteiger partial charge in [0.05, 0.1) is 0 Å². The fourth-order valence-corrected chi connectivity index (χ4v) is 3.38. The van der Waals surface area contributed by atoms with Crippen LogP contribution >= 0.6 is 11.6 Å². The summed E-state index contributed by atoms with van der Waals surface area (Å²) in [7, 11) is 0. The molecule has 1 N–H and O–H groups in total. The average molecular weight is 310 g/mol. The molecule has 1 aromatic carbocycles. The molecule has 1 aliphatic carbocycles. The van der Waals surface area contributed by atoms with Crippen molar-refractivity contribution in [3.63, 3.8) is 0 Å². The molecule has 1 saturated carbocycles. The molecular weight excluding hydrogens is 290 g/mol. The van der Waals surface area contributed by atoms with Crippen LogP contribution in [0.2, 0.25) is 0 Å². The van der Waals surface area contributed by atoms with Crippen LogP contribution in [-0.2, 0) is 4.79 Å². The summed E-state index contributed by atoms with van der Waals surface area (Å²) in [6.45, 7) is 0.251. The van der Waals surface area contributed by atoms with E-state index in [0.717, 1.165) is 19.3 Å². The molecule has 0 aromatic heterocycles. The molecule has 114 valence electrons. The van der Waals surface area contributed by atoms with E-state index in [1.165, 1.54) is 6.42 Å². The summed E-state index contributed by atoms with van der Waals surface area (Å²) in [6.07, 6.45) is 3.83. The number of halogens is 1. The first-order valence-corrected chi connectivity index (χ1v) is 8.06. The number of carbonyl (C=O) groups excluding carboxylic acids is 1. The number of hydrogen-bond donors (Lipinski definition) is 1. The third-order valence-corrected chi connectivity index (χ3v) is 4.63. The Morgan fingerprint density at radius 2 is 2.00 bits per heavy atom. The summed E-state index contributed by atoms with van der Waals surface area (Å²) in [5.41, 5.74) is 0. The van der Waals surface area contributed by atoms with Gasteiger partial charge in [-0.05, 0) is 30.9 Å². The van der Waals surface area contributed by atoms with E-state index >= 15 is 0 Å². The van der Waals surface area contributed by atoms with Crippen molar-refractivity contribution in [2.75, 3.05) is 12.5 Å². The van der Waals surface area contributed by atoms with Gasteiger partial charge in [0, 0.05) is 11.9 Å². The lowest BCUT2D eigenvalue weighted by Crippen LogP contribution is -2.50. The maximum atomic E-state index is 12.4. The standard InChI is InChI=1S/C16H20ClNO3/c17-9-11-5-1-2-6-12(11)18-16(19)15-10-20-13-7-3-4-8-14(13)21-15/h3-4,7-8,11-12,15H,1-2,5-6,9-10H2,(H,18,19). The average Bonchev–Trinajstić information content (AvgIpc) is 2.55. The van der Waals surface area contributed by atoms with E-state index in [2.05, 4.69) is 5.32 Å². The molecule has 0 spiro atoms. The maximum absolute atomic E-state index is 12.4. The Bertz CT molecular complexity index is 508. The second-order valence-corrected chi connectivity index (χ2v) is 5.99. The van der Waals surface area contributed by atoms with Crippen LogP contribution in [-0.4, -0.2) is 30.5 Å². The molecule has 4 nitrogen and oxygen atoms in total. The summed E-state index contributed by atoms with van der Waals surface area (Å²) in [4.78, 5) is 12.4. The smallest absolute Gasteiger partial charge is 0.264 e. The van der Waals surface area contributed by atoms with Crippen LogP contribution in [0.25, 0.3) is 0 Å². The Labute approximate surface area is 129 Å². The van der Waals surface area contributed by atoms with Crippen molar-refractivity contribution in [1.82, 2.24) is 5.32 Å². The van der Waals surface area contributed by atoms with E-state index in [-0.39, 0.29) is 18.6 Å². The number of rotatable bonds is 3. The first-order valence-electron chi connectivity index (χ1n) is 7.53. The summed E-state index contributed by atoms with van der Waals surface area (Å²) >= 11 is 6.00. The van der Waals surface area contributed by atoms with Gasteiger partial charge in [-0.3, -0.25) is 4.79 Å². The molecule has 0 saturated heterocycles. The van der Waals surface area contributed by atoms with E-state index in [9.17, 15) is 4.79 Å². The number of fused-ring (bicyclic) bond motifs is 1. The van der Waals surface area contributed by atoms with Crippen LogP contribution in [0.15, 0.2) is 24.3 Å². The van der Waals surface area contributed by atoms with Crippen molar-refractivity contribution in [1.29, 1.82) is 0 Å². The van der Waals surface area contributed by atoms with Gasteiger partial charge in [-0.25, -0.2) is 0 Å². The number of ether oxygens (including phenoxy) is 2. The van der Waals surface area contributed by atoms with E-state index in [4.69, 9.17) is 21.1 Å². The summed E-state index contributed by atoms with van der Waals surface area (Å²) in [5, 5.41) is 3.09. The van der Waals surface area contributed by atoms with Crippen LogP contribution in [0, 0.1) is 5.92 Å². The minimum Gasteiger partial charge on any atom is -0.485 e. The Morgan fingerprint density at radius 1 is 1.24 bits per heavy atom. The van der Waals surface area contributed by atoms with Crippen molar-refractivity contribution in [2.24, 2.45) is 5.92 Å². The Kier molecular flexibility index (Phi) is 4.54. The molecule has 3 unspecified atom stereocenters. The first-order chi connectivity index (χ1) is 10.3. The number of alkyl halides is 1. The number of para-hydroxylation sites is 2. The van der Waals surface area contributed by atoms with Gasteiger partial charge in [0.25, 0.3) is 5.91 Å². The van der Waals surface area contributed by atoms with E-state index < -0.39 is 6.10 Å². The fourth-order valence-electron chi connectivity index (χ4n) is 3.01. The molecule has 2 aliphatic rings. The summed E-state index contributed by atoms with van der Waals surface area (Å²) < 4.78 is 11.3. The highest BCUT2D eigenvalue weighted by atomic mass is 35.5. The van der Waals surface area contributed by atoms with Crippen LogP contribution in [0.3, 0.4) is 0 Å². The lowest BCUT2D eigenvalue weighted by atomic mass is 9.85. The molecule has 1 heterocycles. The lowest BCUT2D eigenvalue weighted by Gasteiger charge is -2.33.